The number of halogens is 1. The Morgan fingerprint density at radius 1 is 1.45 bits per heavy atom. The third-order valence-electron chi connectivity index (χ3n) is 4.67. The molecule has 0 aromatic carbocycles. The van der Waals surface area contributed by atoms with E-state index in [0.29, 0.717) is 6.54 Å². The lowest BCUT2D eigenvalue weighted by Gasteiger charge is -2.39. The molecule has 1 fully saturated rings. The van der Waals surface area contributed by atoms with Crippen molar-refractivity contribution < 1.29 is 5.11 Å². The van der Waals surface area contributed by atoms with E-state index < -0.39 is 0 Å². The average Bonchev–Trinajstić information content (AvgIpc) is 2.73. The van der Waals surface area contributed by atoms with Gasteiger partial charge in [-0.1, -0.05) is 25.4 Å². The predicted octanol–water partition coefficient (Wildman–Crippen LogP) is 2.67. The van der Waals surface area contributed by atoms with Gasteiger partial charge in [-0.15, -0.1) is 0 Å². The fourth-order valence-corrected chi connectivity index (χ4v) is 3.35. The Bertz CT molecular complexity index is 450. The van der Waals surface area contributed by atoms with E-state index in [0.717, 1.165) is 41.6 Å². The predicted molar refractivity (Wildman–Crippen MR) is 81.9 cm³/mol. The van der Waals surface area contributed by atoms with Gasteiger partial charge in [0.15, 0.2) is 0 Å². The summed E-state index contributed by atoms with van der Waals surface area (Å²) in [6.45, 7) is 5.20. The second kappa shape index (κ2) is 6.46. The maximum atomic E-state index is 9.78. The van der Waals surface area contributed by atoms with Crippen LogP contribution in [0.4, 0.5) is 0 Å². The summed E-state index contributed by atoms with van der Waals surface area (Å²) in [6.07, 6.45) is 5.25. The van der Waals surface area contributed by atoms with Gasteiger partial charge in [-0.25, -0.2) is 0 Å². The van der Waals surface area contributed by atoms with Gasteiger partial charge in [-0.05, 0) is 38.0 Å². The molecule has 1 aromatic heterocycles. The second-order valence-electron chi connectivity index (χ2n) is 6.16. The van der Waals surface area contributed by atoms with Crippen molar-refractivity contribution in [2.24, 2.45) is 13.0 Å². The van der Waals surface area contributed by atoms with Crippen LogP contribution in [-0.2, 0) is 20.0 Å². The van der Waals surface area contributed by atoms with Crippen molar-refractivity contribution in [1.82, 2.24) is 15.1 Å². The summed E-state index contributed by atoms with van der Waals surface area (Å²) >= 11 is 6.37. The number of aliphatic hydroxyl groups excluding tert-OH is 1. The number of aliphatic hydroxyl groups is 1. The fraction of sp³-hybridized carbons (Fsp3) is 0.800. The number of rotatable bonds is 5. The van der Waals surface area contributed by atoms with Crippen LogP contribution >= 0.6 is 11.6 Å². The lowest BCUT2D eigenvalue weighted by Crippen LogP contribution is -2.50. The third-order valence-corrected chi connectivity index (χ3v) is 5.10. The topological polar surface area (TPSA) is 50.1 Å². The molecule has 0 bridgehead atoms. The highest BCUT2D eigenvalue weighted by Gasteiger charge is 2.33. The van der Waals surface area contributed by atoms with Crippen LogP contribution in [0.15, 0.2) is 0 Å². The van der Waals surface area contributed by atoms with Gasteiger partial charge >= 0.3 is 0 Å². The molecule has 4 nitrogen and oxygen atoms in total. The molecule has 20 heavy (non-hydrogen) atoms. The first kappa shape index (κ1) is 15.8. The van der Waals surface area contributed by atoms with Crippen LogP contribution < -0.4 is 5.32 Å². The first-order chi connectivity index (χ1) is 9.51. The highest BCUT2D eigenvalue weighted by molar-refractivity contribution is 6.31. The molecule has 0 radical (unpaired) electrons. The number of nitrogens with one attached hydrogen (secondary N) is 1. The van der Waals surface area contributed by atoms with E-state index in [1.54, 1.807) is 0 Å². The van der Waals surface area contributed by atoms with Gasteiger partial charge in [-0.3, -0.25) is 4.68 Å². The summed E-state index contributed by atoms with van der Waals surface area (Å²) < 4.78 is 1.85. The largest absolute Gasteiger partial charge is 0.394 e. The van der Waals surface area contributed by atoms with Crippen molar-refractivity contribution in [2.75, 3.05) is 6.61 Å². The molecule has 1 saturated carbocycles. The summed E-state index contributed by atoms with van der Waals surface area (Å²) in [7, 11) is 1.93. The van der Waals surface area contributed by atoms with E-state index in [1.165, 1.54) is 12.8 Å². The van der Waals surface area contributed by atoms with Gasteiger partial charge in [-0.2, -0.15) is 5.10 Å². The molecule has 0 unspecified atom stereocenters. The maximum Gasteiger partial charge on any atom is 0.0863 e. The molecule has 0 atom stereocenters. The highest BCUT2D eigenvalue weighted by atomic mass is 35.5. The molecule has 1 aliphatic rings. The zero-order chi connectivity index (χ0) is 14.8. The molecule has 1 heterocycles. The molecule has 0 spiro atoms. The summed E-state index contributed by atoms with van der Waals surface area (Å²) in [5.41, 5.74) is 1.81. The number of hydrogen-bond donors (Lipinski definition) is 2. The first-order valence-corrected chi connectivity index (χ1v) is 7.95. The SMILES string of the molecule is CCc1nn(C)c(CNC2(CO)CCC(C)CC2)c1Cl. The van der Waals surface area contributed by atoms with E-state index in [9.17, 15) is 5.11 Å². The lowest BCUT2D eigenvalue weighted by atomic mass is 9.77. The van der Waals surface area contributed by atoms with Crippen LogP contribution in [0, 0.1) is 5.92 Å². The van der Waals surface area contributed by atoms with Gasteiger partial charge < -0.3 is 10.4 Å². The van der Waals surface area contributed by atoms with Crippen molar-refractivity contribution in [3.8, 4) is 0 Å². The Kier molecular flexibility index (Phi) is 5.10. The number of aryl methyl sites for hydroxylation is 2. The van der Waals surface area contributed by atoms with Gasteiger partial charge in [0.25, 0.3) is 0 Å². The van der Waals surface area contributed by atoms with Crippen molar-refractivity contribution in [2.45, 2.75) is 58.0 Å². The molecule has 114 valence electrons. The smallest absolute Gasteiger partial charge is 0.0863 e. The summed E-state index contributed by atoms with van der Waals surface area (Å²) in [4.78, 5) is 0. The Morgan fingerprint density at radius 2 is 2.10 bits per heavy atom. The second-order valence-corrected chi connectivity index (χ2v) is 6.54. The Balaban J connectivity index is 2.05. The zero-order valence-electron chi connectivity index (χ0n) is 12.7. The Hall–Kier alpha value is -0.580. The van der Waals surface area contributed by atoms with Crippen LogP contribution in [0.5, 0.6) is 0 Å². The van der Waals surface area contributed by atoms with Crippen molar-refractivity contribution in [3.63, 3.8) is 0 Å². The normalized spacial score (nSPS) is 26.9. The minimum atomic E-state index is -0.146. The molecule has 1 aromatic rings. The fourth-order valence-electron chi connectivity index (χ4n) is 2.99. The first-order valence-electron chi connectivity index (χ1n) is 7.57. The minimum absolute atomic E-state index is 0.146. The van der Waals surface area contributed by atoms with Crippen LogP contribution in [0.1, 0.15) is 50.9 Å². The highest BCUT2D eigenvalue weighted by Crippen LogP contribution is 2.32. The van der Waals surface area contributed by atoms with Gasteiger partial charge in [0.05, 0.1) is 23.0 Å². The molecular formula is C15H26ClN3O. The molecule has 0 aliphatic heterocycles. The minimum Gasteiger partial charge on any atom is -0.394 e. The van der Waals surface area contributed by atoms with Crippen LogP contribution in [-0.4, -0.2) is 27.0 Å². The summed E-state index contributed by atoms with van der Waals surface area (Å²) in [6, 6.07) is 0. The van der Waals surface area contributed by atoms with E-state index in [-0.39, 0.29) is 12.1 Å². The number of aromatic nitrogens is 2. The molecule has 1 aliphatic carbocycles. The molecule has 0 saturated heterocycles. The summed E-state index contributed by atoms with van der Waals surface area (Å²) in [5, 5.41) is 18.5. The van der Waals surface area contributed by atoms with Crippen LogP contribution in [0.25, 0.3) is 0 Å². The summed E-state index contributed by atoms with van der Waals surface area (Å²) in [5.74, 6) is 0.767. The van der Waals surface area contributed by atoms with E-state index in [2.05, 4.69) is 24.3 Å². The Labute approximate surface area is 126 Å². The monoisotopic (exact) mass is 299 g/mol. The van der Waals surface area contributed by atoms with E-state index >= 15 is 0 Å². The van der Waals surface area contributed by atoms with Crippen molar-refractivity contribution >= 4 is 11.6 Å². The molecule has 2 N–H and O–H groups in total. The van der Waals surface area contributed by atoms with Gasteiger partial charge in [0, 0.05) is 19.1 Å². The van der Waals surface area contributed by atoms with Crippen LogP contribution in [0.2, 0.25) is 5.02 Å². The Morgan fingerprint density at radius 3 is 2.60 bits per heavy atom. The molecular weight excluding hydrogens is 274 g/mol. The molecule has 0 amide bonds. The van der Waals surface area contributed by atoms with Crippen molar-refractivity contribution in [3.05, 3.63) is 16.4 Å². The van der Waals surface area contributed by atoms with E-state index in [1.807, 2.05) is 11.7 Å². The number of nitrogens with zero attached hydrogens (tertiary/aromatic N) is 2. The van der Waals surface area contributed by atoms with Gasteiger partial charge in [0.1, 0.15) is 0 Å². The standard InChI is InChI=1S/C15H26ClN3O/c1-4-12-14(16)13(19(3)18-12)9-17-15(10-20)7-5-11(2)6-8-15/h11,17,20H,4-10H2,1-3H3. The van der Waals surface area contributed by atoms with Gasteiger partial charge in [0.2, 0.25) is 0 Å². The van der Waals surface area contributed by atoms with Crippen molar-refractivity contribution in [1.29, 1.82) is 0 Å². The average molecular weight is 300 g/mol. The molecule has 2 rings (SSSR count). The maximum absolute atomic E-state index is 9.78. The number of hydrogen-bond acceptors (Lipinski definition) is 3. The zero-order valence-corrected chi connectivity index (χ0v) is 13.5. The quantitative estimate of drug-likeness (QED) is 0.879. The third kappa shape index (κ3) is 3.18. The lowest BCUT2D eigenvalue weighted by molar-refractivity contribution is 0.103. The molecule has 5 heteroatoms. The van der Waals surface area contributed by atoms with E-state index in [4.69, 9.17) is 11.6 Å². The van der Waals surface area contributed by atoms with Crippen LogP contribution in [0.3, 0.4) is 0 Å².